The first kappa shape index (κ1) is 22.9. The molecule has 0 saturated carbocycles. The van der Waals surface area contributed by atoms with E-state index in [1.54, 1.807) is 13.2 Å². The number of fused-ring (bicyclic) bond motifs is 1. The van der Waals surface area contributed by atoms with Crippen LogP contribution in [0.2, 0.25) is 0 Å². The van der Waals surface area contributed by atoms with Gasteiger partial charge in [-0.15, -0.1) is 0 Å². The summed E-state index contributed by atoms with van der Waals surface area (Å²) in [6, 6.07) is 22.7. The zero-order valence-corrected chi connectivity index (χ0v) is 20.2. The SMILES string of the molecule is COc1ccc(OCCCn2c(C(C)NC(=O)c3cccc(Br)c3)nc3ccccc32)cc1. The number of imidazole rings is 1. The van der Waals surface area contributed by atoms with Crippen LogP contribution in [0.15, 0.2) is 77.3 Å². The fraction of sp³-hybridized carbons (Fsp3) is 0.231. The minimum Gasteiger partial charge on any atom is -0.497 e. The summed E-state index contributed by atoms with van der Waals surface area (Å²) in [6.07, 6.45) is 0.797. The molecule has 1 unspecified atom stereocenters. The van der Waals surface area contributed by atoms with E-state index in [-0.39, 0.29) is 11.9 Å². The summed E-state index contributed by atoms with van der Waals surface area (Å²) in [4.78, 5) is 17.6. The fourth-order valence-corrected chi connectivity index (χ4v) is 4.12. The van der Waals surface area contributed by atoms with Crippen LogP contribution in [0.4, 0.5) is 0 Å². The molecular formula is C26H26BrN3O3. The number of hydrogen-bond donors (Lipinski definition) is 1. The number of carbonyl (C=O) groups excluding carboxylic acids is 1. The van der Waals surface area contributed by atoms with Gasteiger partial charge in [-0.2, -0.15) is 0 Å². The minimum absolute atomic E-state index is 0.134. The van der Waals surface area contributed by atoms with Crippen LogP contribution >= 0.6 is 15.9 Å². The minimum atomic E-state index is -0.258. The number of para-hydroxylation sites is 2. The number of amides is 1. The molecule has 33 heavy (non-hydrogen) atoms. The predicted molar refractivity (Wildman–Crippen MR) is 133 cm³/mol. The Bertz CT molecular complexity index is 1240. The second-order valence-corrected chi connectivity index (χ2v) is 8.61. The van der Waals surface area contributed by atoms with Crippen molar-refractivity contribution in [3.05, 3.63) is 88.7 Å². The molecule has 0 aliphatic heterocycles. The first-order valence-electron chi connectivity index (χ1n) is 10.8. The topological polar surface area (TPSA) is 65.4 Å². The van der Waals surface area contributed by atoms with Gasteiger partial charge < -0.3 is 19.4 Å². The van der Waals surface area contributed by atoms with Crippen LogP contribution in [0.25, 0.3) is 11.0 Å². The smallest absolute Gasteiger partial charge is 0.251 e. The van der Waals surface area contributed by atoms with Crippen molar-refractivity contribution in [1.82, 2.24) is 14.9 Å². The maximum Gasteiger partial charge on any atom is 0.251 e. The maximum absolute atomic E-state index is 12.8. The summed E-state index contributed by atoms with van der Waals surface area (Å²) < 4.78 is 14.1. The number of benzene rings is 3. The van der Waals surface area contributed by atoms with Crippen molar-refractivity contribution in [3.63, 3.8) is 0 Å². The van der Waals surface area contributed by atoms with Crippen LogP contribution in [0.5, 0.6) is 11.5 Å². The number of nitrogens with zero attached hydrogens (tertiary/aromatic N) is 2. The number of hydrogen-bond acceptors (Lipinski definition) is 4. The fourth-order valence-electron chi connectivity index (χ4n) is 3.72. The normalized spacial score (nSPS) is 11.8. The van der Waals surface area contributed by atoms with Gasteiger partial charge >= 0.3 is 0 Å². The molecule has 0 aliphatic rings. The molecular weight excluding hydrogens is 482 g/mol. The lowest BCUT2D eigenvalue weighted by molar-refractivity contribution is 0.0937. The van der Waals surface area contributed by atoms with Crippen LogP contribution in [-0.4, -0.2) is 29.2 Å². The Hall–Kier alpha value is -3.32. The van der Waals surface area contributed by atoms with Crippen molar-refractivity contribution >= 4 is 32.9 Å². The quantitative estimate of drug-likeness (QED) is 0.292. The lowest BCUT2D eigenvalue weighted by Gasteiger charge is -2.17. The summed E-state index contributed by atoms with van der Waals surface area (Å²) in [5.41, 5.74) is 2.56. The van der Waals surface area contributed by atoms with Gasteiger partial charge in [-0.25, -0.2) is 4.98 Å². The molecule has 1 atom stereocenters. The van der Waals surface area contributed by atoms with E-state index >= 15 is 0 Å². The van der Waals surface area contributed by atoms with Crippen molar-refractivity contribution in [2.24, 2.45) is 0 Å². The van der Waals surface area contributed by atoms with Crippen molar-refractivity contribution in [3.8, 4) is 11.5 Å². The number of ether oxygens (including phenoxy) is 2. The van der Waals surface area contributed by atoms with Crippen molar-refractivity contribution in [2.75, 3.05) is 13.7 Å². The zero-order valence-electron chi connectivity index (χ0n) is 18.6. The summed E-state index contributed by atoms with van der Waals surface area (Å²) in [5.74, 6) is 2.30. The van der Waals surface area contributed by atoms with E-state index in [9.17, 15) is 4.79 Å². The molecule has 0 aliphatic carbocycles. The number of halogens is 1. The highest BCUT2D eigenvalue weighted by atomic mass is 79.9. The van der Waals surface area contributed by atoms with Crippen LogP contribution in [-0.2, 0) is 6.54 Å². The molecule has 4 aromatic rings. The Morgan fingerprint density at radius 3 is 2.58 bits per heavy atom. The molecule has 170 valence electrons. The Morgan fingerprint density at radius 2 is 1.82 bits per heavy atom. The number of aromatic nitrogens is 2. The zero-order chi connectivity index (χ0) is 23.2. The summed E-state index contributed by atoms with van der Waals surface area (Å²) in [5, 5.41) is 3.08. The Kier molecular flexibility index (Phi) is 7.29. The molecule has 3 aromatic carbocycles. The Balaban J connectivity index is 1.46. The molecule has 0 spiro atoms. The molecule has 0 saturated heterocycles. The Labute approximate surface area is 201 Å². The predicted octanol–water partition coefficient (Wildman–Crippen LogP) is 5.77. The molecule has 0 bridgehead atoms. The van der Waals surface area contributed by atoms with Gasteiger partial charge in [-0.05, 0) is 67.9 Å². The molecule has 6 nitrogen and oxygen atoms in total. The van der Waals surface area contributed by atoms with Gasteiger partial charge in [0.2, 0.25) is 0 Å². The second-order valence-electron chi connectivity index (χ2n) is 7.69. The third-order valence-electron chi connectivity index (χ3n) is 5.36. The van der Waals surface area contributed by atoms with Crippen molar-refractivity contribution in [2.45, 2.75) is 25.9 Å². The number of carbonyl (C=O) groups is 1. The van der Waals surface area contributed by atoms with E-state index in [2.05, 4.69) is 31.9 Å². The molecule has 0 radical (unpaired) electrons. The molecule has 7 heteroatoms. The largest absolute Gasteiger partial charge is 0.497 e. The molecule has 4 rings (SSSR count). The van der Waals surface area contributed by atoms with Gasteiger partial charge in [0.25, 0.3) is 5.91 Å². The molecule has 1 heterocycles. The van der Waals surface area contributed by atoms with Crippen LogP contribution in [0.1, 0.15) is 35.6 Å². The average Bonchev–Trinajstić information content (AvgIpc) is 3.21. The second kappa shape index (κ2) is 10.5. The van der Waals surface area contributed by atoms with Gasteiger partial charge in [-0.3, -0.25) is 4.79 Å². The first-order valence-corrected chi connectivity index (χ1v) is 11.6. The molecule has 1 N–H and O–H groups in total. The van der Waals surface area contributed by atoms with Gasteiger partial charge in [0.1, 0.15) is 17.3 Å². The van der Waals surface area contributed by atoms with Crippen molar-refractivity contribution in [1.29, 1.82) is 0 Å². The summed E-state index contributed by atoms with van der Waals surface area (Å²) >= 11 is 3.42. The third-order valence-corrected chi connectivity index (χ3v) is 5.85. The number of nitrogens with one attached hydrogen (secondary N) is 1. The maximum atomic E-state index is 12.8. The van der Waals surface area contributed by atoms with Crippen LogP contribution in [0, 0.1) is 0 Å². The number of aryl methyl sites for hydroxylation is 1. The van der Waals surface area contributed by atoms with Gasteiger partial charge in [-0.1, -0.05) is 34.1 Å². The third kappa shape index (κ3) is 5.54. The van der Waals surface area contributed by atoms with E-state index in [1.807, 2.05) is 67.6 Å². The van der Waals surface area contributed by atoms with Crippen LogP contribution in [0.3, 0.4) is 0 Å². The summed E-state index contributed by atoms with van der Waals surface area (Å²) in [6.45, 7) is 3.25. The monoisotopic (exact) mass is 507 g/mol. The van der Waals surface area contributed by atoms with Gasteiger partial charge in [0, 0.05) is 16.6 Å². The lowest BCUT2D eigenvalue weighted by atomic mass is 10.2. The molecule has 0 fully saturated rings. The van der Waals surface area contributed by atoms with Gasteiger partial charge in [0.15, 0.2) is 0 Å². The number of rotatable bonds is 9. The lowest BCUT2D eigenvalue weighted by Crippen LogP contribution is -2.28. The van der Waals surface area contributed by atoms with Gasteiger partial charge in [0.05, 0.1) is 30.8 Å². The highest BCUT2D eigenvalue weighted by molar-refractivity contribution is 9.10. The molecule has 1 amide bonds. The highest BCUT2D eigenvalue weighted by Gasteiger charge is 2.19. The average molecular weight is 508 g/mol. The summed E-state index contributed by atoms with van der Waals surface area (Å²) in [7, 11) is 1.64. The van der Waals surface area contributed by atoms with E-state index in [4.69, 9.17) is 14.5 Å². The van der Waals surface area contributed by atoms with E-state index < -0.39 is 0 Å². The Morgan fingerprint density at radius 1 is 1.06 bits per heavy atom. The number of methoxy groups -OCH3 is 1. The van der Waals surface area contributed by atoms with Crippen LogP contribution < -0.4 is 14.8 Å². The molecule has 1 aromatic heterocycles. The van der Waals surface area contributed by atoms with E-state index in [0.717, 1.165) is 45.8 Å². The van der Waals surface area contributed by atoms with E-state index in [0.29, 0.717) is 12.2 Å². The van der Waals surface area contributed by atoms with Crippen molar-refractivity contribution < 1.29 is 14.3 Å². The first-order chi connectivity index (χ1) is 16.0. The van der Waals surface area contributed by atoms with E-state index in [1.165, 1.54) is 0 Å². The standard InChI is InChI=1S/C26H26BrN3O3/c1-18(28-26(31)19-7-5-8-20(27)17-19)25-29-23-9-3-4-10-24(23)30(25)15-6-16-33-22-13-11-21(32-2)12-14-22/h3-5,7-14,17-18H,6,15-16H2,1-2H3,(H,28,31). The highest BCUT2D eigenvalue weighted by Crippen LogP contribution is 2.23.